The molecule has 6 nitrogen and oxygen atoms in total. The van der Waals surface area contributed by atoms with Crippen molar-refractivity contribution in [1.82, 2.24) is 9.55 Å². The number of nitrogens with zero attached hydrogens (tertiary/aromatic N) is 2. The number of aryl methyl sites for hydroxylation is 1. The number of anilines is 2. The predicted molar refractivity (Wildman–Crippen MR) is 79.4 cm³/mol. The highest BCUT2D eigenvalue weighted by Gasteiger charge is 2.09. The molecule has 2 rings (SSSR count). The lowest BCUT2D eigenvalue weighted by atomic mass is 10.2. The van der Waals surface area contributed by atoms with Gasteiger partial charge in [-0.3, -0.25) is 0 Å². The Morgan fingerprint density at radius 2 is 1.95 bits per heavy atom. The number of rotatable bonds is 6. The van der Waals surface area contributed by atoms with Crippen LogP contribution in [0.2, 0.25) is 0 Å². The highest BCUT2D eigenvalue weighted by atomic mass is 16.5. The van der Waals surface area contributed by atoms with Crippen molar-refractivity contribution >= 4 is 11.4 Å². The summed E-state index contributed by atoms with van der Waals surface area (Å²) in [6.45, 7) is 0.741. The molecule has 0 amide bonds. The maximum absolute atomic E-state index is 5.99. The minimum absolute atomic E-state index is 0.625. The second-order valence-corrected chi connectivity index (χ2v) is 4.43. The van der Waals surface area contributed by atoms with Crippen molar-refractivity contribution in [1.29, 1.82) is 0 Å². The van der Waals surface area contributed by atoms with Crippen LogP contribution in [0, 0.1) is 0 Å². The summed E-state index contributed by atoms with van der Waals surface area (Å²) in [7, 11) is 5.17. The van der Waals surface area contributed by atoms with Gasteiger partial charge >= 0.3 is 0 Å². The van der Waals surface area contributed by atoms with Crippen LogP contribution in [-0.2, 0) is 13.5 Å². The predicted octanol–water partition coefficient (Wildman–Crippen LogP) is 1.67. The number of imidazole rings is 1. The van der Waals surface area contributed by atoms with Crippen molar-refractivity contribution in [2.45, 2.75) is 6.42 Å². The van der Waals surface area contributed by atoms with Crippen molar-refractivity contribution in [3.8, 4) is 11.5 Å². The molecular formula is C14H20N4O2. The Kier molecular flexibility index (Phi) is 4.34. The van der Waals surface area contributed by atoms with Crippen molar-refractivity contribution < 1.29 is 9.47 Å². The molecule has 0 radical (unpaired) electrons. The number of aromatic nitrogens is 2. The van der Waals surface area contributed by atoms with Crippen molar-refractivity contribution in [2.24, 2.45) is 7.05 Å². The second kappa shape index (κ2) is 6.18. The maximum atomic E-state index is 5.99. The van der Waals surface area contributed by atoms with Gasteiger partial charge in [-0.05, 0) is 0 Å². The summed E-state index contributed by atoms with van der Waals surface area (Å²) in [4.78, 5) is 4.28. The Balaban J connectivity index is 2.04. The van der Waals surface area contributed by atoms with E-state index in [1.165, 1.54) is 0 Å². The maximum Gasteiger partial charge on any atom is 0.162 e. The molecule has 0 aliphatic rings. The molecule has 20 heavy (non-hydrogen) atoms. The fraction of sp³-hybridized carbons (Fsp3) is 0.357. The first-order chi connectivity index (χ1) is 9.65. The number of hydrogen-bond donors (Lipinski definition) is 2. The van der Waals surface area contributed by atoms with Gasteiger partial charge in [0, 0.05) is 44.5 Å². The number of nitrogens with one attached hydrogen (secondary N) is 1. The van der Waals surface area contributed by atoms with Gasteiger partial charge in [-0.15, -0.1) is 0 Å². The average molecular weight is 276 g/mol. The van der Waals surface area contributed by atoms with Crippen LogP contribution in [0.1, 0.15) is 5.82 Å². The third-order valence-corrected chi connectivity index (χ3v) is 3.14. The van der Waals surface area contributed by atoms with Gasteiger partial charge in [-0.25, -0.2) is 4.98 Å². The SMILES string of the molecule is COc1cc(N)c(NCCc2nccn2C)cc1OC. The summed E-state index contributed by atoms with van der Waals surface area (Å²) in [5, 5.41) is 3.29. The molecule has 0 fully saturated rings. The van der Waals surface area contributed by atoms with E-state index in [2.05, 4.69) is 10.3 Å². The average Bonchev–Trinajstić information content (AvgIpc) is 2.85. The Morgan fingerprint density at radius 3 is 2.55 bits per heavy atom. The highest BCUT2D eigenvalue weighted by Crippen LogP contribution is 2.34. The molecule has 1 aromatic heterocycles. The first kappa shape index (κ1) is 14.0. The molecule has 3 N–H and O–H groups in total. The number of nitrogens with two attached hydrogens (primary N) is 1. The zero-order chi connectivity index (χ0) is 14.5. The quantitative estimate of drug-likeness (QED) is 0.785. The van der Waals surface area contributed by atoms with Crippen LogP contribution in [0.25, 0.3) is 0 Å². The van der Waals surface area contributed by atoms with Gasteiger partial charge in [0.25, 0.3) is 0 Å². The molecule has 0 saturated heterocycles. The number of hydrogen-bond acceptors (Lipinski definition) is 5. The third kappa shape index (κ3) is 2.96. The van der Waals surface area contributed by atoms with E-state index in [1.54, 1.807) is 26.5 Å². The molecule has 6 heteroatoms. The minimum atomic E-state index is 0.625. The Hall–Kier alpha value is -2.37. The van der Waals surface area contributed by atoms with Gasteiger partial charge in [0.1, 0.15) is 5.82 Å². The van der Waals surface area contributed by atoms with E-state index in [1.807, 2.05) is 23.9 Å². The van der Waals surface area contributed by atoms with Crippen LogP contribution in [0.4, 0.5) is 11.4 Å². The smallest absolute Gasteiger partial charge is 0.162 e. The molecule has 108 valence electrons. The molecule has 0 atom stereocenters. The number of benzene rings is 1. The van der Waals surface area contributed by atoms with Crippen LogP contribution in [0.5, 0.6) is 11.5 Å². The summed E-state index contributed by atoms with van der Waals surface area (Å²) in [5.74, 6) is 2.30. The molecule has 0 spiro atoms. The summed E-state index contributed by atoms with van der Waals surface area (Å²) < 4.78 is 12.5. The van der Waals surface area contributed by atoms with Crippen LogP contribution in [0.15, 0.2) is 24.5 Å². The zero-order valence-electron chi connectivity index (χ0n) is 12.0. The highest BCUT2D eigenvalue weighted by molar-refractivity contribution is 5.72. The van der Waals surface area contributed by atoms with Crippen LogP contribution >= 0.6 is 0 Å². The van der Waals surface area contributed by atoms with Gasteiger partial charge in [-0.2, -0.15) is 0 Å². The minimum Gasteiger partial charge on any atom is -0.493 e. The van der Waals surface area contributed by atoms with E-state index in [-0.39, 0.29) is 0 Å². The fourth-order valence-electron chi connectivity index (χ4n) is 1.99. The van der Waals surface area contributed by atoms with Crippen LogP contribution in [0.3, 0.4) is 0 Å². The molecule has 0 aliphatic carbocycles. The van der Waals surface area contributed by atoms with Crippen LogP contribution in [-0.4, -0.2) is 30.3 Å². The second-order valence-electron chi connectivity index (χ2n) is 4.43. The Bertz CT molecular complexity index is 581. The molecule has 1 heterocycles. The van der Waals surface area contributed by atoms with Crippen molar-refractivity contribution in [2.75, 3.05) is 31.8 Å². The van der Waals surface area contributed by atoms with Crippen molar-refractivity contribution in [3.05, 3.63) is 30.4 Å². The summed E-state index contributed by atoms with van der Waals surface area (Å²) in [6.07, 6.45) is 4.54. The van der Waals surface area contributed by atoms with E-state index in [0.29, 0.717) is 17.2 Å². The van der Waals surface area contributed by atoms with E-state index >= 15 is 0 Å². The van der Waals surface area contributed by atoms with Gasteiger partial charge in [0.05, 0.1) is 25.6 Å². The van der Waals surface area contributed by atoms with E-state index in [9.17, 15) is 0 Å². The normalized spacial score (nSPS) is 10.3. The van der Waals surface area contributed by atoms with Crippen LogP contribution < -0.4 is 20.5 Å². The topological polar surface area (TPSA) is 74.3 Å². The van der Waals surface area contributed by atoms with Gasteiger partial charge in [-0.1, -0.05) is 0 Å². The Labute approximate surface area is 118 Å². The van der Waals surface area contributed by atoms with E-state index in [0.717, 1.165) is 24.5 Å². The molecule has 0 unspecified atom stereocenters. The first-order valence-electron chi connectivity index (χ1n) is 6.37. The van der Waals surface area contributed by atoms with Gasteiger partial charge in [0.2, 0.25) is 0 Å². The molecule has 0 bridgehead atoms. The molecular weight excluding hydrogens is 256 g/mol. The zero-order valence-corrected chi connectivity index (χ0v) is 12.0. The number of nitrogen functional groups attached to an aromatic ring is 1. The van der Waals surface area contributed by atoms with E-state index < -0.39 is 0 Å². The van der Waals surface area contributed by atoms with Crippen molar-refractivity contribution in [3.63, 3.8) is 0 Å². The molecule has 2 aromatic rings. The monoisotopic (exact) mass is 276 g/mol. The first-order valence-corrected chi connectivity index (χ1v) is 6.37. The van der Waals surface area contributed by atoms with Gasteiger partial charge < -0.3 is 25.1 Å². The number of ether oxygens (including phenoxy) is 2. The third-order valence-electron chi connectivity index (χ3n) is 3.14. The lowest BCUT2D eigenvalue weighted by Gasteiger charge is -2.14. The number of methoxy groups -OCH3 is 2. The fourth-order valence-corrected chi connectivity index (χ4v) is 1.99. The standard InChI is InChI=1S/C14H20N4O2/c1-18-7-6-17-14(18)4-5-16-11-9-13(20-3)12(19-2)8-10(11)15/h6-9,16H,4-5,15H2,1-3H3. The summed E-state index contributed by atoms with van der Waals surface area (Å²) in [5.41, 5.74) is 7.45. The lowest BCUT2D eigenvalue weighted by molar-refractivity contribution is 0.355. The summed E-state index contributed by atoms with van der Waals surface area (Å²) in [6, 6.07) is 3.59. The van der Waals surface area contributed by atoms with E-state index in [4.69, 9.17) is 15.2 Å². The largest absolute Gasteiger partial charge is 0.493 e. The molecule has 0 aliphatic heterocycles. The Morgan fingerprint density at radius 1 is 1.25 bits per heavy atom. The summed E-state index contributed by atoms with van der Waals surface area (Å²) >= 11 is 0. The molecule has 0 saturated carbocycles. The van der Waals surface area contributed by atoms with Gasteiger partial charge in [0.15, 0.2) is 11.5 Å². The lowest BCUT2D eigenvalue weighted by Crippen LogP contribution is -2.10. The molecule has 1 aromatic carbocycles.